The van der Waals surface area contributed by atoms with Gasteiger partial charge in [-0.1, -0.05) is 47.9 Å². The van der Waals surface area contributed by atoms with Gasteiger partial charge in [0.2, 0.25) is 0 Å². The summed E-state index contributed by atoms with van der Waals surface area (Å²) < 4.78 is 29.5. The summed E-state index contributed by atoms with van der Waals surface area (Å²) >= 11 is 0. The number of alkyl halides is 2. The first-order valence-electron chi connectivity index (χ1n) is 8.49. The summed E-state index contributed by atoms with van der Waals surface area (Å²) in [6, 6.07) is 14.2. The molecule has 0 atom stereocenters. The molecule has 0 aliphatic rings. The van der Waals surface area contributed by atoms with Crippen LogP contribution >= 0.6 is 0 Å². The molecule has 6 heteroatoms. The summed E-state index contributed by atoms with van der Waals surface area (Å²) in [4.78, 5) is 14.0. The number of hydrogen-bond donors (Lipinski definition) is 1. The molecule has 0 aliphatic carbocycles. The van der Waals surface area contributed by atoms with E-state index in [0.29, 0.717) is 12.3 Å². The van der Waals surface area contributed by atoms with Crippen molar-refractivity contribution in [2.75, 3.05) is 13.2 Å². The second-order valence-corrected chi connectivity index (χ2v) is 6.05. The summed E-state index contributed by atoms with van der Waals surface area (Å²) in [5, 5.41) is 2.80. The maximum absolute atomic E-state index is 12.5. The normalized spacial score (nSPS) is 10.3. The number of nitrogens with one attached hydrogen (secondary N) is 1. The molecular formula is C21H22F2N2O2. The number of urea groups is 1. The molecule has 0 heterocycles. The largest absolute Gasteiger partial charge is 0.488 e. The molecule has 2 rings (SSSR count). The minimum Gasteiger partial charge on any atom is -0.488 e. The third-order valence-corrected chi connectivity index (χ3v) is 3.78. The monoisotopic (exact) mass is 372 g/mol. The van der Waals surface area contributed by atoms with Gasteiger partial charge in [0.25, 0.3) is 6.43 Å². The van der Waals surface area contributed by atoms with Crippen molar-refractivity contribution in [3.8, 4) is 18.1 Å². The first-order chi connectivity index (χ1) is 13.0. The standard InChI is InChI=1S/C21H22F2N2O2/c1-3-11-25(14-17-9-7-16(2)8-10-17)21(26)24-13-18-5-4-6-19(12-18)27-15-20(22)23/h1,4-10,12,20H,11,13-15H2,2H3,(H,24,26). The smallest absolute Gasteiger partial charge is 0.318 e. The second kappa shape index (κ2) is 10.2. The van der Waals surface area contributed by atoms with E-state index >= 15 is 0 Å². The van der Waals surface area contributed by atoms with Gasteiger partial charge in [0.05, 0.1) is 6.54 Å². The summed E-state index contributed by atoms with van der Waals surface area (Å²) in [6.07, 6.45) is 2.85. The van der Waals surface area contributed by atoms with Crippen molar-refractivity contribution in [1.82, 2.24) is 10.2 Å². The molecule has 0 unspecified atom stereocenters. The molecule has 2 aromatic rings. The lowest BCUT2D eigenvalue weighted by Gasteiger charge is -2.21. The Balaban J connectivity index is 1.94. The van der Waals surface area contributed by atoms with Gasteiger partial charge in [-0.05, 0) is 30.2 Å². The van der Waals surface area contributed by atoms with Gasteiger partial charge < -0.3 is 15.0 Å². The van der Waals surface area contributed by atoms with Gasteiger partial charge in [-0.25, -0.2) is 13.6 Å². The SMILES string of the molecule is C#CCN(Cc1ccc(C)cc1)C(=O)NCc1cccc(OCC(F)F)c1. The first kappa shape index (κ1) is 20.2. The molecule has 0 aliphatic heterocycles. The van der Waals surface area contributed by atoms with Crippen molar-refractivity contribution < 1.29 is 18.3 Å². The molecule has 0 aromatic heterocycles. The number of ether oxygens (including phenoxy) is 1. The van der Waals surface area contributed by atoms with Gasteiger partial charge in [-0.15, -0.1) is 6.42 Å². The average Bonchev–Trinajstić information content (AvgIpc) is 2.66. The number of amides is 2. The minimum atomic E-state index is -2.53. The summed E-state index contributed by atoms with van der Waals surface area (Å²) in [6.45, 7) is 2.14. The van der Waals surface area contributed by atoms with E-state index in [2.05, 4.69) is 11.2 Å². The van der Waals surface area contributed by atoms with Crippen LogP contribution in [0, 0.1) is 19.3 Å². The fraction of sp³-hybridized carbons (Fsp3) is 0.286. The fourth-order valence-electron chi connectivity index (χ4n) is 2.42. The highest BCUT2D eigenvalue weighted by Crippen LogP contribution is 2.14. The Labute approximate surface area is 158 Å². The van der Waals surface area contributed by atoms with Crippen molar-refractivity contribution in [3.05, 3.63) is 65.2 Å². The maximum Gasteiger partial charge on any atom is 0.318 e. The number of nitrogens with zero attached hydrogens (tertiary/aromatic N) is 1. The van der Waals surface area contributed by atoms with E-state index in [0.717, 1.165) is 16.7 Å². The van der Waals surface area contributed by atoms with Gasteiger partial charge in [0, 0.05) is 13.1 Å². The minimum absolute atomic E-state index is 0.178. The number of rotatable bonds is 8. The average molecular weight is 372 g/mol. The number of benzene rings is 2. The van der Waals surface area contributed by atoms with Crippen LogP contribution in [0.3, 0.4) is 0 Å². The number of terminal acetylenes is 1. The molecule has 0 radical (unpaired) electrons. The van der Waals surface area contributed by atoms with Crippen LogP contribution in [0.15, 0.2) is 48.5 Å². The quantitative estimate of drug-likeness (QED) is 0.712. The predicted molar refractivity (Wildman–Crippen MR) is 101 cm³/mol. The number of halogens is 2. The maximum atomic E-state index is 12.5. The van der Waals surface area contributed by atoms with Crippen molar-refractivity contribution in [1.29, 1.82) is 0 Å². The number of carbonyl (C=O) groups excluding carboxylic acids is 1. The highest BCUT2D eigenvalue weighted by molar-refractivity contribution is 5.74. The summed E-state index contributed by atoms with van der Waals surface area (Å²) in [7, 11) is 0. The van der Waals surface area contributed by atoms with Crippen molar-refractivity contribution >= 4 is 6.03 Å². The van der Waals surface area contributed by atoms with E-state index in [-0.39, 0.29) is 19.1 Å². The van der Waals surface area contributed by atoms with Crippen molar-refractivity contribution in [2.24, 2.45) is 0 Å². The molecular weight excluding hydrogens is 350 g/mol. The van der Waals surface area contributed by atoms with Crippen LogP contribution in [-0.4, -0.2) is 30.5 Å². The van der Waals surface area contributed by atoms with Crippen LogP contribution in [0.2, 0.25) is 0 Å². The zero-order valence-electron chi connectivity index (χ0n) is 15.1. The van der Waals surface area contributed by atoms with Crippen LogP contribution in [0.5, 0.6) is 5.75 Å². The zero-order chi connectivity index (χ0) is 19.6. The Kier molecular flexibility index (Phi) is 7.63. The van der Waals surface area contributed by atoms with E-state index in [1.807, 2.05) is 31.2 Å². The molecule has 0 fully saturated rings. The fourth-order valence-corrected chi connectivity index (χ4v) is 2.42. The zero-order valence-corrected chi connectivity index (χ0v) is 15.1. The van der Waals surface area contributed by atoms with E-state index in [4.69, 9.17) is 11.2 Å². The number of hydrogen-bond acceptors (Lipinski definition) is 2. The van der Waals surface area contributed by atoms with Crippen LogP contribution in [0.25, 0.3) is 0 Å². The lowest BCUT2D eigenvalue weighted by Crippen LogP contribution is -2.39. The van der Waals surface area contributed by atoms with Crippen LogP contribution in [0.4, 0.5) is 13.6 Å². The topological polar surface area (TPSA) is 41.6 Å². The molecule has 0 spiro atoms. The summed E-state index contributed by atoms with van der Waals surface area (Å²) in [5.74, 6) is 2.82. The third kappa shape index (κ3) is 6.98. The predicted octanol–water partition coefficient (Wildman–Crippen LogP) is 3.98. The van der Waals surface area contributed by atoms with Crippen LogP contribution < -0.4 is 10.1 Å². The Morgan fingerprint density at radius 3 is 2.63 bits per heavy atom. The Morgan fingerprint density at radius 1 is 1.22 bits per heavy atom. The highest BCUT2D eigenvalue weighted by Gasteiger charge is 2.13. The van der Waals surface area contributed by atoms with Gasteiger partial charge in [0.15, 0.2) is 0 Å². The van der Waals surface area contributed by atoms with Crippen molar-refractivity contribution in [2.45, 2.75) is 26.4 Å². The van der Waals surface area contributed by atoms with Crippen LogP contribution in [0.1, 0.15) is 16.7 Å². The molecule has 27 heavy (non-hydrogen) atoms. The van der Waals surface area contributed by atoms with Gasteiger partial charge >= 0.3 is 6.03 Å². The lowest BCUT2D eigenvalue weighted by atomic mass is 10.1. The Hall–Kier alpha value is -3.07. The van der Waals surface area contributed by atoms with E-state index in [9.17, 15) is 13.6 Å². The van der Waals surface area contributed by atoms with Gasteiger partial charge in [0.1, 0.15) is 12.4 Å². The molecule has 142 valence electrons. The number of aryl methyl sites for hydroxylation is 1. The van der Waals surface area contributed by atoms with Crippen LogP contribution in [-0.2, 0) is 13.1 Å². The summed E-state index contributed by atoms with van der Waals surface area (Å²) in [5.41, 5.74) is 2.86. The molecule has 0 bridgehead atoms. The Morgan fingerprint density at radius 2 is 1.96 bits per heavy atom. The molecule has 1 N–H and O–H groups in total. The second-order valence-electron chi connectivity index (χ2n) is 6.05. The van der Waals surface area contributed by atoms with E-state index in [1.54, 1.807) is 24.3 Å². The third-order valence-electron chi connectivity index (χ3n) is 3.78. The molecule has 0 saturated heterocycles. The van der Waals surface area contributed by atoms with Gasteiger partial charge in [-0.2, -0.15) is 0 Å². The van der Waals surface area contributed by atoms with Gasteiger partial charge in [-0.3, -0.25) is 0 Å². The highest BCUT2D eigenvalue weighted by atomic mass is 19.3. The first-order valence-corrected chi connectivity index (χ1v) is 8.49. The molecule has 2 aromatic carbocycles. The van der Waals surface area contributed by atoms with E-state index < -0.39 is 13.0 Å². The number of carbonyl (C=O) groups is 1. The van der Waals surface area contributed by atoms with Crippen molar-refractivity contribution in [3.63, 3.8) is 0 Å². The molecule has 4 nitrogen and oxygen atoms in total. The lowest BCUT2D eigenvalue weighted by molar-refractivity contribution is 0.0818. The molecule has 0 saturated carbocycles. The van der Waals surface area contributed by atoms with E-state index in [1.165, 1.54) is 4.90 Å². The Bertz CT molecular complexity index is 786. The molecule has 2 amide bonds.